The Hall–Kier alpha value is -3.89. The van der Waals surface area contributed by atoms with E-state index in [0.29, 0.717) is 42.5 Å². The highest BCUT2D eigenvalue weighted by Crippen LogP contribution is 2.26. The largest absolute Gasteiger partial charge is 0.411 e. The van der Waals surface area contributed by atoms with Crippen LogP contribution in [0.25, 0.3) is 11.5 Å². The average molecular weight is 552 g/mol. The molecule has 1 N–H and O–H groups in total. The fourth-order valence-electron chi connectivity index (χ4n) is 4.06. The minimum absolute atomic E-state index is 0.0576. The molecule has 1 aliphatic heterocycles. The number of halogens is 2. The Morgan fingerprint density at radius 2 is 1.66 bits per heavy atom. The fourth-order valence-corrected chi connectivity index (χ4v) is 4.84. The molecule has 1 aromatic heterocycles. The number of rotatable bonds is 7. The normalized spacial score (nSPS) is 13.4. The summed E-state index contributed by atoms with van der Waals surface area (Å²) in [4.78, 5) is 29.2. The van der Waals surface area contributed by atoms with Crippen molar-refractivity contribution < 1.29 is 18.4 Å². The van der Waals surface area contributed by atoms with Crippen molar-refractivity contribution in [3.63, 3.8) is 0 Å². The molecule has 0 spiro atoms. The summed E-state index contributed by atoms with van der Waals surface area (Å²) >= 11 is 7.25. The molecule has 1 aliphatic rings. The van der Waals surface area contributed by atoms with Crippen LogP contribution in [0.2, 0.25) is 5.02 Å². The second-order valence-electron chi connectivity index (χ2n) is 8.50. The molecule has 1 saturated heterocycles. The quantitative estimate of drug-likeness (QED) is 0.315. The number of aromatic nitrogens is 2. The highest BCUT2D eigenvalue weighted by molar-refractivity contribution is 7.99. The molecule has 8 nitrogen and oxygen atoms in total. The summed E-state index contributed by atoms with van der Waals surface area (Å²) in [5.41, 5.74) is 2.40. The van der Waals surface area contributed by atoms with Gasteiger partial charge in [0.15, 0.2) is 0 Å². The number of amides is 2. The lowest BCUT2D eigenvalue weighted by atomic mass is 10.1. The smallest absolute Gasteiger partial charge is 0.277 e. The van der Waals surface area contributed by atoms with Gasteiger partial charge in [0.1, 0.15) is 5.82 Å². The number of thioether (sulfide) groups is 1. The van der Waals surface area contributed by atoms with Crippen LogP contribution in [-0.4, -0.2) is 58.8 Å². The van der Waals surface area contributed by atoms with Gasteiger partial charge in [-0.15, -0.1) is 10.2 Å². The SMILES string of the molecule is O=C(CSc1nnc(-c2ccccc2F)o1)Nc1ccc(N2CCN(C(=O)c3ccccc3Cl)CC2)cc1. The Bertz CT molecular complexity index is 1440. The summed E-state index contributed by atoms with van der Waals surface area (Å²) in [6.45, 7) is 2.57. The molecule has 0 unspecified atom stereocenters. The molecule has 5 rings (SSSR count). The van der Waals surface area contributed by atoms with Crippen LogP contribution in [-0.2, 0) is 4.79 Å². The maximum absolute atomic E-state index is 13.9. The van der Waals surface area contributed by atoms with Crippen molar-refractivity contribution in [1.82, 2.24) is 15.1 Å². The summed E-state index contributed by atoms with van der Waals surface area (Å²) in [6.07, 6.45) is 0. The number of nitrogens with one attached hydrogen (secondary N) is 1. The van der Waals surface area contributed by atoms with E-state index < -0.39 is 5.82 Å². The van der Waals surface area contributed by atoms with Crippen LogP contribution < -0.4 is 10.2 Å². The molecule has 2 amide bonds. The van der Waals surface area contributed by atoms with E-state index in [0.717, 1.165) is 17.4 Å². The van der Waals surface area contributed by atoms with Gasteiger partial charge in [0, 0.05) is 37.6 Å². The number of carbonyl (C=O) groups is 2. The van der Waals surface area contributed by atoms with Crippen molar-refractivity contribution in [3.8, 4) is 11.5 Å². The molecule has 11 heteroatoms. The molecule has 0 bridgehead atoms. The third-order valence-electron chi connectivity index (χ3n) is 6.02. The molecule has 2 heterocycles. The number of hydrogen-bond acceptors (Lipinski definition) is 7. The van der Waals surface area contributed by atoms with Gasteiger partial charge >= 0.3 is 0 Å². The Morgan fingerprint density at radius 1 is 0.947 bits per heavy atom. The van der Waals surface area contributed by atoms with Gasteiger partial charge < -0.3 is 19.5 Å². The van der Waals surface area contributed by atoms with Crippen molar-refractivity contribution in [2.75, 3.05) is 42.1 Å². The van der Waals surface area contributed by atoms with E-state index in [2.05, 4.69) is 20.4 Å². The van der Waals surface area contributed by atoms with Gasteiger partial charge in [-0.1, -0.05) is 47.6 Å². The van der Waals surface area contributed by atoms with E-state index in [-0.39, 0.29) is 34.2 Å². The molecule has 0 radical (unpaired) electrons. The lowest BCUT2D eigenvalue weighted by molar-refractivity contribution is -0.113. The Kier molecular flexibility index (Phi) is 7.90. The van der Waals surface area contributed by atoms with Crippen LogP contribution in [0, 0.1) is 5.82 Å². The molecule has 38 heavy (non-hydrogen) atoms. The van der Waals surface area contributed by atoms with E-state index in [1.54, 1.807) is 36.4 Å². The molecular weight excluding hydrogens is 529 g/mol. The topological polar surface area (TPSA) is 91.6 Å². The van der Waals surface area contributed by atoms with E-state index >= 15 is 0 Å². The third kappa shape index (κ3) is 5.98. The Labute approximate surface area is 227 Å². The first kappa shape index (κ1) is 25.7. The molecule has 3 aromatic carbocycles. The van der Waals surface area contributed by atoms with E-state index in [1.807, 2.05) is 35.2 Å². The number of anilines is 2. The van der Waals surface area contributed by atoms with E-state index in [1.165, 1.54) is 6.07 Å². The lowest BCUT2D eigenvalue weighted by Crippen LogP contribution is -2.48. The highest BCUT2D eigenvalue weighted by Gasteiger charge is 2.23. The van der Waals surface area contributed by atoms with Crippen molar-refractivity contribution in [2.24, 2.45) is 0 Å². The predicted octanol–water partition coefficient (Wildman–Crippen LogP) is 5.22. The second-order valence-corrected chi connectivity index (χ2v) is 9.83. The number of benzene rings is 3. The summed E-state index contributed by atoms with van der Waals surface area (Å²) in [6, 6.07) is 20.7. The first-order valence-electron chi connectivity index (χ1n) is 11.9. The summed E-state index contributed by atoms with van der Waals surface area (Å²) < 4.78 is 19.4. The zero-order valence-electron chi connectivity index (χ0n) is 20.1. The highest BCUT2D eigenvalue weighted by atomic mass is 35.5. The maximum atomic E-state index is 13.9. The average Bonchev–Trinajstić information content (AvgIpc) is 3.41. The summed E-state index contributed by atoms with van der Waals surface area (Å²) in [7, 11) is 0. The third-order valence-corrected chi connectivity index (χ3v) is 7.17. The minimum atomic E-state index is -0.457. The lowest BCUT2D eigenvalue weighted by Gasteiger charge is -2.36. The van der Waals surface area contributed by atoms with Gasteiger partial charge in [0.25, 0.3) is 17.0 Å². The van der Waals surface area contributed by atoms with E-state index in [9.17, 15) is 14.0 Å². The van der Waals surface area contributed by atoms with Crippen molar-refractivity contribution in [2.45, 2.75) is 5.22 Å². The molecule has 0 aliphatic carbocycles. The van der Waals surface area contributed by atoms with Crippen LogP contribution in [0.4, 0.5) is 15.8 Å². The van der Waals surface area contributed by atoms with Gasteiger partial charge in [-0.05, 0) is 48.5 Å². The van der Waals surface area contributed by atoms with Crippen molar-refractivity contribution in [3.05, 3.63) is 89.2 Å². The monoisotopic (exact) mass is 551 g/mol. The molecule has 0 atom stereocenters. The van der Waals surface area contributed by atoms with Crippen molar-refractivity contribution >= 4 is 46.6 Å². The molecule has 0 saturated carbocycles. The van der Waals surface area contributed by atoms with Gasteiger partial charge in [-0.2, -0.15) is 0 Å². The van der Waals surface area contributed by atoms with Gasteiger partial charge in [-0.25, -0.2) is 4.39 Å². The maximum Gasteiger partial charge on any atom is 0.277 e. The van der Waals surface area contributed by atoms with Crippen LogP contribution in [0.15, 0.2) is 82.4 Å². The zero-order valence-corrected chi connectivity index (χ0v) is 21.7. The fraction of sp³-hybridized carbons (Fsp3) is 0.185. The number of carbonyl (C=O) groups excluding carboxylic acids is 2. The summed E-state index contributed by atoms with van der Waals surface area (Å²) in [5, 5.41) is 11.2. The molecule has 4 aromatic rings. The Balaban J connectivity index is 1.10. The van der Waals surface area contributed by atoms with Gasteiger partial charge in [0.2, 0.25) is 5.91 Å². The predicted molar refractivity (Wildman–Crippen MR) is 145 cm³/mol. The van der Waals surface area contributed by atoms with Crippen LogP contribution in [0.3, 0.4) is 0 Å². The Morgan fingerprint density at radius 3 is 2.39 bits per heavy atom. The van der Waals surface area contributed by atoms with Crippen molar-refractivity contribution in [1.29, 1.82) is 0 Å². The van der Waals surface area contributed by atoms with Gasteiger partial charge in [0.05, 0.1) is 21.9 Å². The summed E-state index contributed by atoms with van der Waals surface area (Å²) in [5.74, 6) is -0.630. The second kappa shape index (κ2) is 11.7. The number of piperazine rings is 1. The van der Waals surface area contributed by atoms with Crippen LogP contribution in [0.5, 0.6) is 0 Å². The van der Waals surface area contributed by atoms with Crippen LogP contribution in [0.1, 0.15) is 10.4 Å². The first-order valence-corrected chi connectivity index (χ1v) is 13.2. The minimum Gasteiger partial charge on any atom is -0.411 e. The molecule has 194 valence electrons. The first-order chi connectivity index (χ1) is 18.5. The standard InChI is InChI=1S/C27H23ClFN5O3S/c28-22-7-3-1-5-20(22)26(36)34-15-13-33(14-16-34)19-11-9-18(10-12-19)30-24(35)17-38-27-32-31-25(37-27)21-6-2-4-8-23(21)29/h1-12H,13-17H2,(H,30,35). The number of nitrogens with zero attached hydrogens (tertiary/aromatic N) is 4. The zero-order chi connectivity index (χ0) is 26.5. The van der Waals surface area contributed by atoms with E-state index in [4.69, 9.17) is 16.0 Å². The molecular formula is C27H23ClFN5O3S. The molecule has 1 fully saturated rings. The van der Waals surface area contributed by atoms with Gasteiger partial charge in [-0.3, -0.25) is 9.59 Å². The van der Waals surface area contributed by atoms with Crippen LogP contribution >= 0.6 is 23.4 Å². The number of hydrogen-bond donors (Lipinski definition) is 1.